The summed E-state index contributed by atoms with van der Waals surface area (Å²) in [5.41, 5.74) is 1.15. The van der Waals surface area contributed by atoms with Crippen molar-refractivity contribution in [3.8, 4) is 5.75 Å². The third-order valence-electron chi connectivity index (χ3n) is 2.10. The molecule has 1 aromatic heterocycles. The summed E-state index contributed by atoms with van der Waals surface area (Å²) in [6.07, 6.45) is 0.874. The fraction of sp³-hybridized carbons (Fsp3) is 0.182. The van der Waals surface area contributed by atoms with Crippen LogP contribution in [-0.2, 0) is 0 Å². The second-order valence-electron chi connectivity index (χ2n) is 3.15. The van der Waals surface area contributed by atoms with Crippen LogP contribution >= 0.6 is 11.3 Å². The van der Waals surface area contributed by atoms with Gasteiger partial charge in [0.1, 0.15) is 5.75 Å². The Labute approximate surface area is 86.1 Å². The van der Waals surface area contributed by atoms with Gasteiger partial charge in [0.05, 0.1) is 12.0 Å². The maximum absolute atomic E-state index is 10.6. The van der Waals surface area contributed by atoms with Crippen molar-refractivity contribution in [3.05, 3.63) is 28.6 Å². The molecular formula is C11H10O2S. The highest BCUT2D eigenvalue weighted by molar-refractivity contribution is 7.20. The molecular weight excluding hydrogens is 196 g/mol. The molecule has 0 aliphatic heterocycles. The van der Waals surface area contributed by atoms with Gasteiger partial charge in [-0.15, -0.1) is 11.3 Å². The van der Waals surface area contributed by atoms with E-state index in [-0.39, 0.29) is 0 Å². The summed E-state index contributed by atoms with van der Waals surface area (Å²) in [5.74, 6) is 0.837. The molecule has 72 valence electrons. The molecule has 0 spiro atoms. The Kier molecular flexibility index (Phi) is 2.25. The number of thiophene rings is 1. The molecule has 0 saturated carbocycles. The minimum atomic E-state index is 0.740. The van der Waals surface area contributed by atoms with E-state index in [0.29, 0.717) is 0 Å². The van der Waals surface area contributed by atoms with Crippen molar-refractivity contribution in [1.82, 2.24) is 0 Å². The molecule has 0 atom stereocenters. The minimum Gasteiger partial charge on any atom is -0.496 e. The number of carbonyl (C=O) groups is 1. The highest BCUT2D eigenvalue weighted by Gasteiger charge is 2.06. The second-order valence-corrected chi connectivity index (χ2v) is 4.26. The minimum absolute atomic E-state index is 0.740. The first-order valence-electron chi connectivity index (χ1n) is 4.28. The summed E-state index contributed by atoms with van der Waals surface area (Å²) in [5, 5.41) is 1.02. The molecule has 1 aromatic carbocycles. The normalized spacial score (nSPS) is 10.4. The van der Waals surface area contributed by atoms with Crippen LogP contribution in [0.4, 0.5) is 0 Å². The topological polar surface area (TPSA) is 26.3 Å². The lowest BCUT2D eigenvalue weighted by atomic mass is 10.2. The Balaban J connectivity index is 2.77. The Morgan fingerprint density at radius 1 is 1.36 bits per heavy atom. The van der Waals surface area contributed by atoms with Crippen molar-refractivity contribution in [2.75, 3.05) is 7.11 Å². The number of methoxy groups -OCH3 is 1. The van der Waals surface area contributed by atoms with Crippen LogP contribution in [0.5, 0.6) is 5.75 Å². The van der Waals surface area contributed by atoms with Gasteiger partial charge < -0.3 is 4.74 Å². The average molecular weight is 206 g/mol. The lowest BCUT2D eigenvalue weighted by molar-refractivity contribution is 0.112. The Hall–Kier alpha value is -1.35. The van der Waals surface area contributed by atoms with Crippen molar-refractivity contribution in [1.29, 1.82) is 0 Å². The van der Waals surface area contributed by atoms with Gasteiger partial charge in [-0.1, -0.05) is 0 Å². The van der Waals surface area contributed by atoms with Crippen molar-refractivity contribution in [3.63, 3.8) is 0 Å². The first-order chi connectivity index (χ1) is 6.74. The van der Waals surface area contributed by atoms with E-state index in [4.69, 9.17) is 4.74 Å². The molecule has 0 fully saturated rings. The lowest BCUT2D eigenvalue weighted by Crippen LogP contribution is -1.83. The monoisotopic (exact) mass is 206 g/mol. The predicted molar refractivity (Wildman–Crippen MR) is 58.5 cm³/mol. The van der Waals surface area contributed by atoms with Gasteiger partial charge in [0.15, 0.2) is 6.29 Å². The number of carbonyl (C=O) groups excluding carboxylic acids is 1. The van der Waals surface area contributed by atoms with Gasteiger partial charge >= 0.3 is 0 Å². The van der Waals surface area contributed by atoms with E-state index < -0.39 is 0 Å². The zero-order valence-electron chi connectivity index (χ0n) is 8.03. The number of hydrogen-bond acceptors (Lipinski definition) is 3. The number of fused-ring (bicyclic) bond motifs is 1. The number of hydrogen-bond donors (Lipinski definition) is 0. The molecule has 2 nitrogen and oxygen atoms in total. The van der Waals surface area contributed by atoms with Gasteiger partial charge in [0, 0.05) is 10.1 Å². The first-order valence-corrected chi connectivity index (χ1v) is 5.09. The smallest absolute Gasteiger partial charge is 0.160 e. The van der Waals surface area contributed by atoms with Crippen LogP contribution in [0, 0.1) is 6.92 Å². The van der Waals surface area contributed by atoms with E-state index in [1.807, 2.05) is 19.1 Å². The Bertz CT molecular complexity index is 485. The molecule has 14 heavy (non-hydrogen) atoms. The molecule has 0 radical (unpaired) electrons. The van der Waals surface area contributed by atoms with Crippen LogP contribution in [0.25, 0.3) is 10.1 Å². The van der Waals surface area contributed by atoms with E-state index in [2.05, 4.69) is 6.07 Å². The fourth-order valence-corrected chi connectivity index (χ4v) is 2.48. The van der Waals surface area contributed by atoms with Crippen molar-refractivity contribution in [2.24, 2.45) is 0 Å². The molecule has 2 aromatic rings. The molecule has 0 aliphatic carbocycles. The summed E-state index contributed by atoms with van der Waals surface area (Å²) >= 11 is 1.49. The summed E-state index contributed by atoms with van der Waals surface area (Å²) in [4.78, 5) is 11.4. The first kappa shape index (κ1) is 9.21. The molecule has 1 heterocycles. The average Bonchev–Trinajstić information content (AvgIpc) is 2.59. The SMILES string of the molecule is COc1cc(C)cc2sc(C=O)cc12. The molecule has 2 rings (SSSR count). The van der Waals surface area contributed by atoms with Crippen LogP contribution in [0.2, 0.25) is 0 Å². The second kappa shape index (κ2) is 3.42. The molecule has 0 bridgehead atoms. The van der Waals surface area contributed by atoms with Gasteiger partial charge in [-0.05, 0) is 30.7 Å². The van der Waals surface area contributed by atoms with Gasteiger partial charge in [0.2, 0.25) is 0 Å². The fourth-order valence-electron chi connectivity index (χ4n) is 1.48. The van der Waals surface area contributed by atoms with E-state index in [1.165, 1.54) is 11.3 Å². The quantitative estimate of drug-likeness (QED) is 0.706. The van der Waals surface area contributed by atoms with E-state index in [9.17, 15) is 4.79 Å². The summed E-state index contributed by atoms with van der Waals surface area (Å²) in [6, 6.07) is 5.91. The van der Waals surface area contributed by atoms with Crippen molar-refractivity contribution < 1.29 is 9.53 Å². The number of aldehydes is 1. The summed E-state index contributed by atoms with van der Waals surface area (Å²) in [7, 11) is 1.65. The van der Waals surface area contributed by atoms with Crippen LogP contribution in [0.3, 0.4) is 0 Å². The van der Waals surface area contributed by atoms with Gasteiger partial charge in [-0.25, -0.2) is 0 Å². The highest BCUT2D eigenvalue weighted by atomic mass is 32.1. The third kappa shape index (κ3) is 1.40. The number of rotatable bonds is 2. The van der Waals surface area contributed by atoms with Crippen molar-refractivity contribution in [2.45, 2.75) is 6.92 Å². The van der Waals surface area contributed by atoms with Crippen LogP contribution in [0.1, 0.15) is 15.2 Å². The maximum atomic E-state index is 10.6. The zero-order chi connectivity index (χ0) is 10.1. The Morgan fingerprint density at radius 2 is 2.14 bits per heavy atom. The van der Waals surface area contributed by atoms with Crippen LogP contribution in [0.15, 0.2) is 18.2 Å². The molecule has 0 amide bonds. The Morgan fingerprint density at radius 3 is 2.79 bits per heavy atom. The van der Waals surface area contributed by atoms with E-state index >= 15 is 0 Å². The van der Waals surface area contributed by atoms with Crippen LogP contribution in [-0.4, -0.2) is 13.4 Å². The largest absolute Gasteiger partial charge is 0.496 e. The number of benzene rings is 1. The molecule has 3 heteroatoms. The number of ether oxygens (including phenoxy) is 1. The van der Waals surface area contributed by atoms with E-state index in [1.54, 1.807) is 7.11 Å². The summed E-state index contributed by atoms with van der Waals surface area (Å²) < 4.78 is 6.36. The third-order valence-corrected chi connectivity index (χ3v) is 3.11. The number of aryl methyl sites for hydroxylation is 1. The lowest BCUT2D eigenvalue weighted by Gasteiger charge is -2.02. The standard InChI is InChI=1S/C11H10O2S/c1-7-3-10(13-2)9-5-8(6-12)14-11(9)4-7/h3-6H,1-2H3. The molecule has 0 unspecified atom stereocenters. The molecule has 0 aliphatic rings. The maximum Gasteiger partial charge on any atom is 0.160 e. The van der Waals surface area contributed by atoms with Gasteiger partial charge in [-0.2, -0.15) is 0 Å². The molecule has 0 saturated heterocycles. The van der Waals surface area contributed by atoms with Gasteiger partial charge in [-0.3, -0.25) is 4.79 Å². The highest BCUT2D eigenvalue weighted by Crippen LogP contribution is 2.33. The zero-order valence-corrected chi connectivity index (χ0v) is 8.85. The van der Waals surface area contributed by atoms with Crippen LogP contribution < -0.4 is 4.74 Å². The van der Waals surface area contributed by atoms with Crippen molar-refractivity contribution >= 4 is 27.7 Å². The molecule has 0 N–H and O–H groups in total. The van der Waals surface area contributed by atoms with E-state index in [0.717, 1.165) is 32.6 Å². The summed E-state index contributed by atoms with van der Waals surface area (Å²) in [6.45, 7) is 2.02. The van der Waals surface area contributed by atoms with Gasteiger partial charge in [0.25, 0.3) is 0 Å². The predicted octanol–water partition coefficient (Wildman–Crippen LogP) is 3.03.